The Labute approximate surface area is 183 Å². The van der Waals surface area contributed by atoms with Crippen LogP contribution in [-0.2, 0) is 10.0 Å². The number of nitro groups is 1. The summed E-state index contributed by atoms with van der Waals surface area (Å²) >= 11 is 3.28. The number of piperazine rings is 1. The Morgan fingerprint density at radius 2 is 1.67 bits per heavy atom. The number of halogens is 1. The lowest BCUT2D eigenvalue weighted by Crippen LogP contribution is -2.50. The minimum absolute atomic E-state index is 0.151. The summed E-state index contributed by atoms with van der Waals surface area (Å²) in [6.07, 6.45) is 0. The third kappa shape index (κ3) is 4.47. The molecule has 0 aliphatic carbocycles. The molecule has 1 aliphatic heterocycles. The standard InChI is InChI=1S/C19H21BrN4O5S/c1-21(2)17-8-3-14(13-18(17)24(26)27)19(25)22-9-11-23(12-10-22)30(28,29)16-6-4-15(20)5-7-16/h3-8,13H,9-12H2,1-2H3. The molecule has 0 saturated carbocycles. The maximum absolute atomic E-state index is 12.8. The number of sulfonamides is 1. The van der Waals surface area contributed by atoms with Crippen molar-refractivity contribution in [3.05, 3.63) is 62.6 Å². The zero-order valence-electron chi connectivity index (χ0n) is 16.5. The van der Waals surface area contributed by atoms with Crippen molar-refractivity contribution in [1.29, 1.82) is 0 Å². The van der Waals surface area contributed by atoms with E-state index < -0.39 is 14.9 Å². The first kappa shape index (κ1) is 22.2. The molecule has 160 valence electrons. The smallest absolute Gasteiger partial charge is 0.293 e. The van der Waals surface area contributed by atoms with E-state index in [9.17, 15) is 23.3 Å². The molecule has 0 radical (unpaired) electrons. The van der Waals surface area contributed by atoms with E-state index in [1.165, 1.54) is 27.4 Å². The van der Waals surface area contributed by atoms with Crippen LogP contribution in [0.15, 0.2) is 51.8 Å². The van der Waals surface area contributed by atoms with E-state index >= 15 is 0 Å². The molecule has 3 rings (SSSR count). The highest BCUT2D eigenvalue weighted by molar-refractivity contribution is 9.10. The summed E-state index contributed by atoms with van der Waals surface area (Å²) < 4.78 is 27.7. The van der Waals surface area contributed by atoms with Gasteiger partial charge in [0.2, 0.25) is 10.0 Å². The number of hydrogen-bond donors (Lipinski definition) is 0. The van der Waals surface area contributed by atoms with Crippen molar-refractivity contribution in [2.24, 2.45) is 0 Å². The molecule has 0 spiro atoms. The minimum atomic E-state index is -3.65. The molecule has 1 aliphatic rings. The molecular formula is C19H21BrN4O5S. The van der Waals surface area contributed by atoms with Gasteiger partial charge in [0.1, 0.15) is 5.69 Å². The number of hydrogen-bond acceptors (Lipinski definition) is 6. The Hall–Kier alpha value is -2.50. The molecule has 0 N–H and O–H groups in total. The zero-order valence-corrected chi connectivity index (χ0v) is 18.9. The molecule has 2 aromatic carbocycles. The van der Waals surface area contributed by atoms with Crippen molar-refractivity contribution < 1.29 is 18.1 Å². The fourth-order valence-corrected chi connectivity index (χ4v) is 4.94. The van der Waals surface area contributed by atoms with Gasteiger partial charge in [-0.15, -0.1) is 0 Å². The van der Waals surface area contributed by atoms with Crippen molar-refractivity contribution in [1.82, 2.24) is 9.21 Å². The minimum Gasteiger partial charge on any atom is -0.372 e. The Balaban J connectivity index is 1.73. The van der Waals surface area contributed by atoms with Crippen LogP contribution >= 0.6 is 15.9 Å². The Morgan fingerprint density at radius 3 is 2.20 bits per heavy atom. The molecule has 0 atom stereocenters. The van der Waals surface area contributed by atoms with E-state index in [-0.39, 0.29) is 48.2 Å². The van der Waals surface area contributed by atoms with Crippen LogP contribution in [0.2, 0.25) is 0 Å². The average Bonchev–Trinajstić information content (AvgIpc) is 2.73. The molecule has 30 heavy (non-hydrogen) atoms. The quantitative estimate of drug-likeness (QED) is 0.465. The van der Waals surface area contributed by atoms with Gasteiger partial charge < -0.3 is 9.80 Å². The van der Waals surface area contributed by atoms with Gasteiger partial charge in [0.05, 0.1) is 9.82 Å². The second kappa shape index (κ2) is 8.70. The molecule has 1 amide bonds. The van der Waals surface area contributed by atoms with Gasteiger partial charge in [0.25, 0.3) is 11.6 Å². The van der Waals surface area contributed by atoms with Gasteiger partial charge in [-0.05, 0) is 36.4 Å². The van der Waals surface area contributed by atoms with Crippen LogP contribution in [0.4, 0.5) is 11.4 Å². The molecule has 0 bridgehead atoms. The van der Waals surface area contributed by atoms with Gasteiger partial charge in [-0.3, -0.25) is 14.9 Å². The van der Waals surface area contributed by atoms with E-state index in [4.69, 9.17) is 0 Å². The molecule has 1 fully saturated rings. The first-order valence-corrected chi connectivity index (χ1v) is 11.4. The molecule has 9 nitrogen and oxygen atoms in total. The van der Waals surface area contributed by atoms with Crippen molar-refractivity contribution in [3.8, 4) is 0 Å². The van der Waals surface area contributed by atoms with Crippen LogP contribution < -0.4 is 4.90 Å². The average molecular weight is 497 g/mol. The molecular weight excluding hydrogens is 476 g/mol. The number of rotatable bonds is 5. The summed E-state index contributed by atoms with van der Waals surface area (Å²) in [7, 11) is -0.267. The Bertz CT molecular complexity index is 1060. The highest BCUT2D eigenvalue weighted by atomic mass is 79.9. The lowest BCUT2D eigenvalue weighted by atomic mass is 10.1. The van der Waals surface area contributed by atoms with E-state index in [0.29, 0.717) is 5.69 Å². The van der Waals surface area contributed by atoms with Crippen LogP contribution in [0.5, 0.6) is 0 Å². The highest BCUT2D eigenvalue weighted by Crippen LogP contribution is 2.28. The van der Waals surface area contributed by atoms with Crippen molar-refractivity contribution in [2.75, 3.05) is 45.2 Å². The number of carbonyl (C=O) groups is 1. The summed E-state index contributed by atoms with van der Waals surface area (Å²) in [5.74, 6) is -0.357. The summed E-state index contributed by atoms with van der Waals surface area (Å²) in [5, 5.41) is 11.4. The number of carbonyl (C=O) groups excluding carboxylic acids is 1. The van der Waals surface area contributed by atoms with E-state index in [1.807, 2.05) is 0 Å². The summed E-state index contributed by atoms with van der Waals surface area (Å²) in [4.78, 5) is 27.0. The Kier molecular flexibility index (Phi) is 6.44. The van der Waals surface area contributed by atoms with Gasteiger partial charge in [-0.2, -0.15) is 4.31 Å². The predicted octanol–water partition coefficient (Wildman–Crippen LogP) is 2.57. The van der Waals surface area contributed by atoms with Crippen LogP contribution in [0.1, 0.15) is 10.4 Å². The molecule has 0 aromatic heterocycles. The topological polar surface area (TPSA) is 104 Å². The lowest BCUT2D eigenvalue weighted by molar-refractivity contribution is -0.384. The maximum Gasteiger partial charge on any atom is 0.293 e. The van der Waals surface area contributed by atoms with E-state index in [1.54, 1.807) is 43.3 Å². The van der Waals surface area contributed by atoms with Gasteiger partial charge in [0, 0.05) is 56.4 Å². The van der Waals surface area contributed by atoms with Crippen molar-refractivity contribution in [3.63, 3.8) is 0 Å². The highest BCUT2D eigenvalue weighted by Gasteiger charge is 2.31. The molecule has 2 aromatic rings. The summed E-state index contributed by atoms with van der Waals surface area (Å²) in [6.45, 7) is 0.722. The van der Waals surface area contributed by atoms with Crippen LogP contribution in [0.25, 0.3) is 0 Å². The third-order valence-corrected chi connectivity index (χ3v) is 7.32. The normalized spacial score (nSPS) is 15.1. The van der Waals surface area contributed by atoms with Gasteiger partial charge in [0.15, 0.2) is 0 Å². The fraction of sp³-hybridized carbons (Fsp3) is 0.316. The molecule has 11 heteroatoms. The van der Waals surface area contributed by atoms with Gasteiger partial charge in [-0.1, -0.05) is 15.9 Å². The second-order valence-corrected chi connectivity index (χ2v) is 9.86. The number of nitrogens with zero attached hydrogens (tertiary/aromatic N) is 4. The van der Waals surface area contributed by atoms with Crippen molar-refractivity contribution in [2.45, 2.75) is 4.90 Å². The third-order valence-electron chi connectivity index (χ3n) is 4.88. The maximum atomic E-state index is 12.8. The molecule has 1 saturated heterocycles. The number of benzene rings is 2. The Morgan fingerprint density at radius 1 is 1.07 bits per heavy atom. The first-order valence-electron chi connectivity index (χ1n) is 9.12. The zero-order chi connectivity index (χ0) is 22.1. The number of nitro benzene ring substituents is 1. The monoisotopic (exact) mass is 496 g/mol. The summed E-state index contributed by atoms with van der Waals surface area (Å²) in [5.41, 5.74) is 0.459. The second-order valence-electron chi connectivity index (χ2n) is 7.01. The predicted molar refractivity (Wildman–Crippen MR) is 116 cm³/mol. The van der Waals surface area contributed by atoms with E-state index in [0.717, 1.165) is 4.47 Å². The van der Waals surface area contributed by atoms with Gasteiger partial charge in [-0.25, -0.2) is 8.42 Å². The molecule has 1 heterocycles. The lowest BCUT2D eigenvalue weighted by Gasteiger charge is -2.34. The largest absolute Gasteiger partial charge is 0.372 e. The first-order chi connectivity index (χ1) is 14.1. The van der Waals surface area contributed by atoms with Gasteiger partial charge >= 0.3 is 0 Å². The van der Waals surface area contributed by atoms with Crippen molar-refractivity contribution >= 4 is 43.2 Å². The fourth-order valence-electron chi connectivity index (χ4n) is 3.25. The SMILES string of the molecule is CN(C)c1ccc(C(=O)N2CCN(S(=O)(=O)c3ccc(Br)cc3)CC2)cc1[N+](=O)[O-]. The van der Waals surface area contributed by atoms with E-state index in [2.05, 4.69) is 15.9 Å². The number of anilines is 1. The number of amides is 1. The van der Waals surface area contributed by atoms with Crippen LogP contribution in [-0.4, -0.2) is 68.7 Å². The van der Waals surface area contributed by atoms with Crippen LogP contribution in [0, 0.1) is 10.1 Å². The molecule has 0 unspecified atom stereocenters. The summed E-state index contributed by atoms with van der Waals surface area (Å²) in [6, 6.07) is 10.7. The van der Waals surface area contributed by atoms with Crippen LogP contribution in [0.3, 0.4) is 0 Å².